The first kappa shape index (κ1) is 9.89. The number of anilines is 1. The number of carboxylic acids is 1. The molecule has 1 heterocycles. The van der Waals surface area contributed by atoms with Gasteiger partial charge in [0.05, 0.1) is 6.42 Å². The lowest BCUT2D eigenvalue weighted by molar-refractivity contribution is -0.136. The highest BCUT2D eigenvalue weighted by atomic mass is 16.4. The molecule has 5 nitrogen and oxygen atoms in total. The Morgan fingerprint density at radius 3 is 2.93 bits per heavy atom. The molecule has 0 bridgehead atoms. The summed E-state index contributed by atoms with van der Waals surface area (Å²) in [5, 5.41) is 8.65. The van der Waals surface area contributed by atoms with Crippen LogP contribution in [0.15, 0.2) is 18.6 Å². The summed E-state index contributed by atoms with van der Waals surface area (Å²) in [5.41, 5.74) is 0. The monoisotopic (exact) mass is 207 g/mol. The number of aliphatic carboxylic acids is 1. The van der Waals surface area contributed by atoms with Crippen LogP contribution in [0, 0.1) is 0 Å². The van der Waals surface area contributed by atoms with Crippen molar-refractivity contribution in [3.05, 3.63) is 18.6 Å². The average Bonchev–Trinajstić information content (AvgIpc) is 3.03. The summed E-state index contributed by atoms with van der Waals surface area (Å²) >= 11 is 0. The molecule has 0 atom stereocenters. The van der Waals surface area contributed by atoms with Crippen LogP contribution in [0.1, 0.15) is 19.3 Å². The van der Waals surface area contributed by atoms with Crippen LogP contribution in [0.4, 0.5) is 5.82 Å². The van der Waals surface area contributed by atoms with Crippen molar-refractivity contribution in [1.29, 1.82) is 0 Å². The average molecular weight is 207 g/mol. The second-order valence-electron chi connectivity index (χ2n) is 3.64. The van der Waals surface area contributed by atoms with Gasteiger partial charge < -0.3 is 10.0 Å². The number of carbonyl (C=O) groups is 1. The SMILES string of the molecule is O=C(O)CCN(c1ccncn1)C1CC1. The zero-order valence-electron chi connectivity index (χ0n) is 8.33. The van der Waals surface area contributed by atoms with E-state index in [-0.39, 0.29) is 6.42 Å². The summed E-state index contributed by atoms with van der Waals surface area (Å²) in [7, 11) is 0. The molecule has 15 heavy (non-hydrogen) atoms. The highest BCUT2D eigenvalue weighted by Crippen LogP contribution is 2.30. The van der Waals surface area contributed by atoms with Crippen LogP contribution in [-0.4, -0.2) is 33.6 Å². The zero-order valence-corrected chi connectivity index (χ0v) is 8.33. The first-order chi connectivity index (χ1) is 7.27. The molecular formula is C10H13N3O2. The minimum absolute atomic E-state index is 0.153. The van der Waals surface area contributed by atoms with E-state index in [2.05, 4.69) is 14.9 Å². The van der Waals surface area contributed by atoms with Crippen molar-refractivity contribution in [3.8, 4) is 0 Å². The molecular weight excluding hydrogens is 194 g/mol. The molecule has 1 saturated carbocycles. The highest BCUT2D eigenvalue weighted by molar-refractivity contribution is 5.67. The van der Waals surface area contributed by atoms with Crippen LogP contribution in [0.2, 0.25) is 0 Å². The Kier molecular flexibility index (Phi) is 2.80. The molecule has 0 aromatic carbocycles. The Bertz CT molecular complexity index is 338. The van der Waals surface area contributed by atoms with Crippen LogP contribution in [0.3, 0.4) is 0 Å². The molecule has 0 spiro atoms. The van der Waals surface area contributed by atoms with Crippen molar-refractivity contribution in [2.45, 2.75) is 25.3 Å². The molecule has 80 valence electrons. The van der Waals surface area contributed by atoms with Crippen LogP contribution in [0.25, 0.3) is 0 Å². The molecule has 1 aliphatic carbocycles. The Balaban J connectivity index is 2.03. The number of aromatic nitrogens is 2. The first-order valence-electron chi connectivity index (χ1n) is 5.02. The van der Waals surface area contributed by atoms with Crippen LogP contribution in [0.5, 0.6) is 0 Å². The van der Waals surface area contributed by atoms with E-state index in [1.165, 1.54) is 6.33 Å². The predicted molar refractivity (Wildman–Crippen MR) is 54.7 cm³/mol. The molecule has 5 heteroatoms. The number of nitrogens with zero attached hydrogens (tertiary/aromatic N) is 3. The minimum atomic E-state index is -0.769. The second kappa shape index (κ2) is 4.25. The van der Waals surface area contributed by atoms with Crippen molar-refractivity contribution in [1.82, 2.24) is 9.97 Å². The van der Waals surface area contributed by atoms with Gasteiger partial charge in [-0.1, -0.05) is 0 Å². The Morgan fingerprint density at radius 2 is 2.40 bits per heavy atom. The Morgan fingerprint density at radius 1 is 1.60 bits per heavy atom. The molecule has 0 saturated heterocycles. The lowest BCUT2D eigenvalue weighted by Crippen LogP contribution is -2.29. The zero-order chi connectivity index (χ0) is 10.7. The fraction of sp³-hybridized carbons (Fsp3) is 0.500. The maximum Gasteiger partial charge on any atom is 0.305 e. The van der Waals surface area contributed by atoms with E-state index >= 15 is 0 Å². The smallest absolute Gasteiger partial charge is 0.305 e. The van der Waals surface area contributed by atoms with Gasteiger partial charge in [-0.15, -0.1) is 0 Å². The van der Waals surface area contributed by atoms with E-state index in [0.29, 0.717) is 12.6 Å². The summed E-state index contributed by atoms with van der Waals surface area (Å²) < 4.78 is 0. The summed E-state index contributed by atoms with van der Waals surface area (Å²) in [6.45, 7) is 0.525. The first-order valence-corrected chi connectivity index (χ1v) is 5.02. The van der Waals surface area contributed by atoms with E-state index in [4.69, 9.17) is 5.11 Å². The Labute approximate surface area is 87.8 Å². The molecule has 0 amide bonds. The van der Waals surface area contributed by atoms with E-state index in [1.54, 1.807) is 6.20 Å². The quantitative estimate of drug-likeness (QED) is 0.777. The van der Waals surface area contributed by atoms with Gasteiger partial charge in [0.15, 0.2) is 0 Å². The van der Waals surface area contributed by atoms with Crippen molar-refractivity contribution in [2.75, 3.05) is 11.4 Å². The van der Waals surface area contributed by atoms with Crippen LogP contribution in [-0.2, 0) is 4.79 Å². The van der Waals surface area contributed by atoms with Crippen molar-refractivity contribution in [2.24, 2.45) is 0 Å². The Hall–Kier alpha value is -1.65. The largest absolute Gasteiger partial charge is 0.481 e. The third kappa shape index (κ3) is 2.65. The number of hydrogen-bond donors (Lipinski definition) is 1. The number of rotatable bonds is 5. The van der Waals surface area contributed by atoms with Crippen molar-refractivity contribution in [3.63, 3.8) is 0 Å². The molecule has 0 aliphatic heterocycles. The summed E-state index contributed by atoms with van der Waals surface area (Å²) in [6, 6.07) is 2.29. The van der Waals surface area contributed by atoms with Gasteiger partial charge in [-0.2, -0.15) is 0 Å². The molecule has 0 radical (unpaired) electrons. The van der Waals surface area contributed by atoms with Gasteiger partial charge >= 0.3 is 5.97 Å². The van der Waals surface area contributed by atoms with Gasteiger partial charge in [0.1, 0.15) is 12.1 Å². The van der Waals surface area contributed by atoms with Gasteiger partial charge in [-0.3, -0.25) is 4.79 Å². The van der Waals surface area contributed by atoms with E-state index < -0.39 is 5.97 Å². The van der Waals surface area contributed by atoms with Crippen molar-refractivity contribution < 1.29 is 9.90 Å². The molecule has 1 fully saturated rings. The van der Waals surface area contributed by atoms with E-state index in [0.717, 1.165) is 18.7 Å². The van der Waals surface area contributed by atoms with Gasteiger partial charge in [0.2, 0.25) is 0 Å². The molecule has 1 N–H and O–H groups in total. The molecule has 0 unspecified atom stereocenters. The third-order valence-corrected chi connectivity index (χ3v) is 2.41. The fourth-order valence-electron chi connectivity index (χ4n) is 1.54. The standard InChI is InChI=1S/C10H13N3O2/c14-10(15)4-6-13(8-1-2-8)9-3-5-11-7-12-9/h3,5,7-8H,1-2,4,6H2,(H,14,15). The second-order valence-corrected chi connectivity index (χ2v) is 3.64. The lowest BCUT2D eigenvalue weighted by atomic mass is 10.3. The van der Waals surface area contributed by atoms with Gasteiger partial charge in [0.25, 0.3) is 0 Å². The third-order valence-electron chi connectivity index (χ3n) is 2.41. The van der Waals surface area contributed by atoms with Gasteiger partial charge in [-0.05, 0) is 18.9 Å². The molecule has 1 aliphatic rings. The topological polar surface area (TPSA) is 66.3 Å². The number of carboxylic acid groups (broad SMARTS) is 1. The van der Waals surface area contributed by atoms with Gasteiger partial charge in [-0.25, -0.2) is 9.97 Å². The summed E-state index contributed by atoms with van der Waals surface area (Å²) in [6.07, 6.45) is 5.58. The normalized spacial score (nSPS) is 14.9. The molecule has 1 aromatic rings. The fourth-order valence-corrected chi connectivity index (χ4v) is 1.54. The van der Waals surface area contributed by atoms with E-state index in [9.17, 15) is 4.79 Å². The van der Waals surface area contributed by atoms with Crippen molar-refractivity contribution >= 4 is 11.8 Å². The van der Waals surface area contributed by atoms with Crippen LogP contribution >= 0.6 is 0 Å². The van der Waals surface area contributed by atoms with Crippen LogP contribution < -0.4 is 4.90 Å². The summed E-state index contributed by atoms with van der Waals surface area (Å²) in [5.74, 6) is 0.0588. The lowest BCUT2D eigenvalue weighted by Gasteiger charge is -2.22. The maximum atomic E-state index is 10.5. The van der Waals surface area contributed by atoms with E-state index in [1.807, 2.05) is 6.07 Å². The van der Waals surface area contributed by atoms with Gasteiger partial charge in [0, 0.05) is 18.8 Å². The summed E-state index contributed by atoms with van der Waals surface area (Å²) in [4.78, 5) is 20.6. The number of hydrogen-bond acceptors (Lipinski definition) is 4. The molecule has 1 aromatic heterocycles. The maximum absolute atomic E-state index is 10.5. The highest BCUT2D eigenvalue weighted by Gasteiger charge is 2.29. The predicted octanol–water partition coefficient (Wildman–Crippen LogP) is 0.920. The molecule has 2 rings (SSSR count). The minimum Gasteiger partial charge on any atom is -0.481 e.